The van der Waals surface area contributed by atoms with Gasteiger partial charge in [-0.2, -0.15) is 4.31 Å². The highest BCUT2D eigenvalue weighted by Gasteiger charge is 2.26. The Kier molecular flexibility index (Phi) is 5.82. The first-order valence-corrected chi connectivity index (χ1v) is 10.5. The zero-order valence-corrected chi connectivity index (χ0v) is 16.5. The van der Waals surface area contributed by atoms with Crippen LogP contribution in [0.2, 0.25) is 0 Å². The standard InChI is InChI=1S/C20H25N3O3S/c1-15-5-6-18(13-16(15)2)21-14-20(24)22-17-7-9-19(10-8-17)27(25,26)23-11-3-4-12-23/h5-10,13,21H,3-4,11-12,14H2,1-2H3,(H,22,24). The molecule has 1 heterocycles. The molecule has 0 radical (unpaired) electrons. The van der Waals surface area contributed by atoms with E-state index in [-0.39, 0.29) is 17.3 Å². The molecule has 0 aliphatic carbocycles. The second-order valence-corrected chi connectivity index (χ2v) is 8.77. The summed E-state index contributed by atoms with van der Waals surface area (Å²) in [5.74, 6) is -0.191. The highest BCUT2D eigenvalue weighted by Crippen LogP contribution is 2.22. The van der Waals surface area contributed by atoms with Crippen LogP contribution in [0.4, 0.5) is 11.4 Å². The van der Waals surface area contributed by atoms with Crippen LogP contribution in [0.3, 0.4) is 0 Å². The third-order valence-corrected chi connectivity index (χ3v) is 6.71. The van der Waals surface area contributed by atoms with E-state index in [1.54, 1.807) is 24.3 Å². The first-order valence-electron chi connectivity index (χ1n) is 9.07. The number of carbonyl (C=O) groups is 1. The summed E-state index contributed by atoms with van der Waals surface area (Å²) in [4.78, 5) is 12.4. The number of benzene rings is 2. The van der Waals surface area contributed by atoms with Gasteiger partial charge in [-0.05, 0) is 74.2 Å². The van der Waals surface area contributed by atoms with Crippen LogP contribution in [-0.4, -0.2) is 38.3 Å². The van der Waals surface area contributed by atoms with Crippen molar-refractivity contribution >= 4 is 27.3 Å². The van der Waals surface area contributed by atoms with Crippen molar-refractivity contribution in [3.63, 3.8) is 0 Å². The number of hydrogen-bond acceptors (Lipinski definition) is 4. The molecule has 0 unspecified atom stereocenters. The molecule has 6 nitrogen and oxygen atoms in total. The quantitative estimate of drug-likeness (QED) is 0.798. The summed E-state index contributed by atoms with van der Waals surface area (Å²) in [5, 5.41) is 5.87. The van der Waals surface area contributed by atoms with Crippen molar-refractivity contribution < 1.29 is 13.2 Å². The summed E-state index contributed by atoms with van der Waals surface area (Å²) in [6.07, 6.45) is 1.81. The van der Waals surface area contributed by atoms with E-state index in [1.807, 2.05) is 32.0 Å². The molecule has 0 atom stereocenters. The van der Waals surface area contributed by atoms with Gasteiger partial charge in [-0.15, -0.1) is 0 Å². The lowest BCUT2D eigenvalue weighted by molar-refractivity contribution is -0.114. The van der Waals surface area contributed by atoms with E-state index < -0.39 is 10.0 Å². The van der Waals surface area contributed by atoms with Crippen LogP contribution in [-0.2, 0) is 14.8 Å². The van der Waals surface area contributed by atoms with Crippen molar-refractivity contribution in [2.24, 2.45) is 0 Å². The van der Waals surface area contributed by atoms with Crippen LogP contribution in [0.25, 0.3) is 0 Å². The van der Waals surface area contributed by atoms with Crippen LogP contribution in [0.1, 0.15) is 24.0 Å². The highest BCUT2D eigenvalue weighted by molar-refractivity contribution is 7.89. The van der Waals surface area contributed by atoms with Gasteiger partial charge in [0.25, 0.3) is 0 Å². The lowest BCUT2D eigenvalue weighted by Crippen LogP contribution is -2.27. The molecule has 144 valence electrons. The Morgan fingerprint density at radius 2 is 1.59 bits per heavy atom. The van der Waals surface area contributed by atoms with Crippen LogP contribution in [0.15, 0.2) is 47.4 Å². The molecule has 3 rings (SSSR count). The van der Waals surface area contributed by atoms with Gasteiger partial charge in [0.2, 0.25) is 15.9 Å². The van der Waals surface area contributed by atoms with Crippen molar-refractivity contribution in [2.45, 2.75) is 31.6 Å². The fourth-order valence-corrected chi connectivity index (χ4v) is 4.54. The van der Waals surface area contributed by atoms with Crippen LogP contribution >= 0.6 is 0 Å². The topological polar surface area (TPSA) is 78.5 Å². The monoisotopic (exact) mass is 387 g/mol. The third-order valence-electron chi connectivity index (χ3n) is 4.80. The van der Waals surface area contributed by atoms with Gasteiger partial charge in [0.15, 0.2) is 0 Å². The molecule has 27 heavy (non-hydrogen) atoms. The zero-order chi connectivity index (χ0) is 19.4. The molecule has 1 saturated heterocycles. The molecule has 0 saturated carbocycles. The van der Waals surface area contributed by atoms with Gasteiger partial charge in [-0.1, -0.05) is 6.07 Å². The van der Waals surface area contributed by atoms with Gasteiger partial charge in [0.1, 0.15) is 0 Å². The Hall–Kier alpha value is -2.38. The lowest BCUT2D eigenvalue weighted by Gasteiger charge is -2.15. The number of rotatable bonds is 6. The van der Waals surface area contributed by atoms with Gasteiger partial charge in [0, 0.05) is 24.5 Å². The minimum absolute atomic E-state index is 0.135. The van der Waals surface area contributed by atoms with Gasteiger partial charge in [-0.3, -0.25) is 4.79 Å². The molecule has 0 spiro atoms. The molecular weight excluding hydrogens is 362 g/mol. The highest BCUT2D eigenvalue weighted by atomic mass is 32.2. The van der Waals surface area contributed by atoms with Crippen molar-refractivity contribution in [3.05, 3.63) is 53.6 Å². The van der Waals surface area contributed by atoms with E-state index in [0.29, 0.717) is 18.8 Å². The van der Waals surface area contributed by atoms with Crippen molar-refractivity contribution in [1.82, 2.24) is 4.31 Å². The summed E-state index contributed by atoms with van der Waals surface area (Å²) in [6.45, 7) is 5.35. The Morgan fingerprint density at radius 1 is 0.963 bits per heavy atom. The molecule has 2 aromatic rings. The number of aryl methyl sites for hydroxylation is 2. The van der Waals surface area contributed by atoms with Crippen LogP contribution in [0, 0.1) is 13.8 Å². The van der Waals surface area contributed by atoms with E-state index in [1.165, 1.54) is 9.87 Å². The molecular formula is C20H25N3O3S. The lowest BCUT2D eigenvalue weighted by atomic mass is 10.1. The van der Waals surface area contributed by atoms with Crippen LogP contribution < -0.4 is 10.6 Å². The maximum Gasteiger partial charge on any atom is 0.243 e. The third kappa shape index (κ3) is 4.67. The number of sulfonamides is 1. The first kappa shape index (κ1) is 19.4. The largest absolute Gasteiger partial charge is 0.376 e. The van der Waals surface area contributed by atoms with Crippen molar-refractivity contribution in [3.8, 4) is 0 Å². The van der Waals surface area contributed by atoms with Gasteiger partial charge in [0.05, 0.1) is 11.4 Å². The molecule has 0 bridgehead atoms. The fraction of sp³-hybridized carbons (Fsp3) is 0.350. The number of nitrogens with zero attached hydrogens (tertiary/aromatic N) is 1. The summed E-state index contributed by atoms with van der Waals surface area (Å²) < 4.78 is 26.5. The van der Waals surface area contributed by atoms with Gasteiger partial charge >= 0.3 is 0 Å². The second kappa shape index (κ2) is 8.10. The Morgan fingerprint density at radius 3 is 2.22 bits per heavy atom. The number of carbonyl (C=O) groups excluding carboxylic acids is 1. The van der Waals surface area contributed by atoms with Crippen molar-refractivity contribution in [2.75, 3.05) is 30.3 Å². The molecule has 0 aromatic heterocycles. The Labute approximate surface area is 160 Å². The molecule has 2 N–H and O–H groups in total. The normalized spacial score (nSPS) is 14.9. The Balaban J connectivity index is 1.57. The van der Waals surface area contributed by atoms with E-state index in [2.05, 4.69) is 10.6 Å². The van der Waals surface area contributed by atoms with Gasteiger partial charge in [-0.25, -0.2) is 8.42 Å². The Bertz CT molecular complexity index is 918. The summed E-state index contributed by atoms with van der Waals surface area (Å²) in [5.41, 5.74) is 3.83. The predicted molar refractivity (Wildman–Crippen MR) is 107 cm³/mol. The predicted octanol–water partition coefficient (Wildman–Crippen LogP) is 3.14. The fourth-order valence-electron chi connectivity index (χ4n) is 3.03. The molecule has 1 aliphatic rings. The van der Waals surface area contributed by atoms with E-state index >= 15 is 0 Å². The summed E-state index contributed by atoms with van der Waals surface area (Å²) >= 11 is 0. The maximum atomic E-state index is 12.5. The zero-order valence-electron chi connectivity index (χ0n) is 15.7. The average molecular weight is 388 g/mol. The minimum Gasteiger partial charge on any atom is -0.376 e. The van der Waals surface area contributed by atoms with E-state index in [4.69, 9.17) is 0 Å². The SMILES string of the molecule is Cc1ccc(NCC(=O)Nc2ccc(S(=O)(=O)N3CCCC3)cc2)cc1C. The molecule has 1 fully saturated rings. The van der Waals surface area contributed by atoms with Crippen molar-refractivity contribution in [1.29, 1.82) is 0 Å². The molecule has 1 aliphatic heterocycles. The maximum absolute atomic E-state index is 12.5. The minimum atomic E-state index is -3.43. The van der Waals surface area contributed by atoms with Crippen LogP contribution in [0.5, 0.6) is 0 Å². The molecule has 1 amide bonds. The molecule has 7 heteroatoms. The van der Waals surface area contributed by atoms with E-state index in [0.717, 1.165) is 24.1 Å². The number of amides is 1. The smallest absolute Gasteiger partial charge is 0.243 e. The van der Waals surface area contributed by atoms with E-state index in [9.17, 15) is 13.2 Å². The second-order valence-electron chi connectivity index (χ2n) is 6.84. The number of anilines is 2. The van der Waals surface area contributed by atoms with Gasteiger partial charge < -0.3 is 10.6 Å². The summed E-state index contributed by atoms with van der Waals surface area (Å²) in [6, 6.07) is 12.3. The first-order chi connectivity index (χ1) is 12.9. The number of nitrogens with one attached hydrogen (secondary N) is 2. The summed E-state index contributed by atoms with van der Waals surface area (Å²) in [7, 11) is -3.43. The average Bonchev–Trinajstić information content (AvgIpc) is 3.19. The molecule has 2 aromatic carbocycles. The number of hydrogen-bond donors (Lipinski definition) is 2.